The molecule has 5 heteroatoms. The van der Waals surface area contributed by atoms with Gasteiger partial charge in [-0.2, -0.15) is 5.10 Å². The largest absolute Gasteiger partial charge is 0.281 e. The molecule has 78 valence electrons. The van der Waals surface area contributed by atoms with Crippen LogP contribution in [0, 0.1) is 12.7 Å². The highest BCUT2D eigenvalue weighted by molar-refractivity contribution is 9.10. The van der Waals surface area contributed by atoms with Gasteiger partial charge in [0.1, 0.15) is 11.5 Å². The van der Waals surface area contributed by atoms with Gasteiger partial charge in [0, 0.05) is 5.69 Å². The van der Waals surface area contributed by atoms with Gasteiger partial charge in [0.05, 0.1) is 15.1 Å². The van der Waals surface area contributed by atoms with Crippen molar-refractivity contribution in [1.29, 1.82) is 0 Å². The topological polar surface area (TPSA) is 28.7 Å². The summed E-state index contributed by atoms with van der Waals surface area (Å²) in [6.45, 7) is 1.84. The van der Waals surface area contributed by atoms with Gasteiger partial charge in [-0.3, -0.25) is 5.10 Å². The van der Waals surface area contributed by atoms with Crippen molar-refractivity contribution in [2.75, 3.05) is 0 Å². The molecule has 1 aromatic heterocycles. The molecule has 0 saturated carbocycles. The lowest BCUT2D eigenvalue weighted by atomic mass is 10.1. The summed E-state index contributed by atoms with van der Waals surface area (Å²) in [4.78, 5) is 0. The zero-order chi connectivity index (χ0) is 11.0. The maximum Gasteiger partial charge on any atom is 0.134 e. The van der Waals surface area contributed by atoms with E-state index in [9.17, 15) is 4.39 Å². The number of halogens is 3. The molecule has 0 unspecified atom stereocenters. The number of aryl methyl sites for hydroxylation is 1. The first kappa shape index (κ1) is 10.6. The van der Waals surface area contributed by atoms with Gasteiger partial charge in [0.25, 0.3) is 0 Å². The van der Waals surface area contributed by atoms with Crippen LogP contribution in [-0.2, 0) is 0 Å². The molecule has 0 aliphatic rings. The van der Waals surface area contributed by atoms with Crippen LogP contribution in [-0.4, -0.2) is 10.2 Å². The summed E-state index contributed by atoms with van der Waals surface area (Å²) in [6.07, 6.45) is 0. The lowest BCUT2D eigenvalue weighted by Crippen LogP contribution is -1.86. The molecular weight excluding hydrogens is 282 g/mol. The second kappa shape index (κ2) is 3.94. The monoisotopic (exact) mass is 288 g/mol. The first-order chi connectivity index (χ1) is 7.11. The van der Waals surface area contributed by atoms with E-state index < -0.39 is 0 Å². The van der Waals surface area contributed by atoms with Crippen LogP contribution in [0.1, 0.15) is 5.69 Å². The third kappa shape index (κ3) is 1.79. The summed E-state index contributed by atoms with van der Waals surface area (Å²) in [5, 5.41) is 7.13. The fourth-order valence-electron chi connectivity index (χ4n) is 1.31. The van der Waals surface area contributed by atoms with Crippen LogP contribution in [0.5, 0.6) is 0 Å². The smallest absolute Gasteiger partial charge is 0.134 e. The number of nitrogens with one attached hydrogen (secondary N) is 1. The highest BCUT2D eigenvalue weighted by atomic mass is 79.9. The predicted molar refractivity (Wildman–Crippen MR) is 61.4 cm³/mol. The number of H-pyrrole nitrogens is 1. The van der Waals surface area contributed by atoms with Crippen LogP contribution in [0.3, 0.4) is 0 Å². The summed E-state index contributed by atoms with van der Waals surface area (Å²) >= 11 is 9.27. The molecule has 0 atom stereocenters. The summed E-state index contributed by atoms with van der Waals surface area (Å²) < 4.78 is 14.3. The molecule has 1 heterocycles. The van der Waals surface area contributed by atoms with E-state index in [1.54, 1.807) is 12.1 Å². The third-order valence-electron chi connectivity index (χ3n) is 2.07. The molecule has 0 aliphatic heterocycles. The Morgan fingerprint density at radius 2 is 2.20 bits per heavy atom. The van der Waals surface area contributed by atoms with Crippen molar-refractivity contribution in [1.82, 2.24) is 10.2 Å². The Bertz CT molecular complexity index is 490. The van der Waals surface area contributed by atoms with Crippen molar-refractivity contribution in [3.63, 3.8) is 0 Å². The number of hydrogen-bond donors (Lipinski definition) is 1. The first-order valence-corrected chi connectivity index (χ1v) is 5.43. The van der Waals surface area contributed by atoms with Gasteiger partial charge in [-0.1, -0.05) is 17.7 Å². The molecule has 2 nitrogen and oxygen atoms in total. The number of aromatic nitrogens is 2. The van der Waals surface area contributed by atoms with Crippen molar-refractivity contribution in [3.8, 4) is 11.3 Å². The number of benzene rings is 1. The Morgan fingerprint density at radius 3 is 2.73 bits per heavy atom. The van der Waals surface area contributed by atoms with Crippen LogP contribution < -0.4 is 0 Å². The lowest BCUT2D eigenvalue weighted by molar-refractivity contribution is 0.630. The van der Waals surface area contributed by atoms with E-state index in [0.29, 0.717) is 16.3 Å². The average Bonchev–Trinajstić information content (AvgIpc) is 2.49. The summed E-state index contributed by atoms with van der Waals surface area (Å²) in [5.74, 6) is -0.380. The zero-order valence-electron chi connectivity index (χ0n) is 7.81. The second-order valence-corrected chi connectivity index (χ2v) is 4.31. The van der Waals surface area contributed by atoms with E-state index in [1.807, 2.05) is 6.92 Å². The highest BCUT2D eigenvalue weighted by Crippen LogP contribution is 2.34. The second-order valence-electron chi connectivity index (χ2n) is 3.11. The molecule has 1 N–H and O–H groups in total. The Labute approximate surface area is 99.6 Å². The van der Waals surface area contributed by atoms with E-state index in [2.05, 4.69) is 26.1 Å². The standard InChI is InChI=1S/C10H7BrClFN2/c1-5-9(11)10(15-14-5)8-6(12)3-2-4-7(8)13/h2-4H,1H3,(H,14,15). The third-order valence-corrected chi connectivity index (χ3v) is 3.36. The van der Waals surface area contributed by atoms with Crippen LogP contribution in [0.2, 0.25) is 5.02 Å². The minimum absolute atomic E-state index is 0.315. The quantitative estimate of drug-likeness (QED) is 0.846. The number of aromatic amines is 1. The van der Waals surface area contributed by atoms with Crippen molar-refractivity contribution in [2.45, 2.75) is 6.92 Å². The number of rotatable bonds is 1. The molecule has 2 aromatic rings. The molecule has 0 amide bonds. The fraction of sp³-hybridized carbons (Fsp3) is 0.100. The van der Waals surface area contributed by atoms with Crippen molar-refractivity contribution >= 4 is 27.5 Å². The predicted octanol–water partition coefficient (Wildman–Crippen LogP) is 3.94. The zero-order valence-corrected chi connectivity index (χ0v) is 10.2. The molecule has 0 bridgehead atoms. The molecule has 2 rings (SSSR count). The van der Waals surface area contributed by atoms with Gasteiger partial charge in [-0.15, -0.1) is 0 Å². The molecular formula is C10H7BrClFN2. The van der Waals surface area contributed by atoms with E-state index in [-0.39, 0.29) is 5.82 Å². The molecule has 0 fully saturated rings. The van der Waals surface area contributed by atoms with Crippen molar-refractivity contribution < 1.29 is 4.39 Å². The Kier molecular flexibility index (Phi) is 2.80. The highest BCUT2D eigenvalue weighted by Gasteiger charge is 2.16. The van der Waals surface area contributed by atoms with Gasteiger partial charge >= 0.3 is 0 Å². The Hall–Kier alpha value is -0.870. The minimum atomic E-state index is -0.380. The number of nitrogens with zero attached hydrogens (tertiary/aromatic N) is 1. The molecule has 0 radical (unpaired) electrons. The van der Waals surface area contributed by atoms with Crippen molar-refractivity contribution in [3.05, 3.63) is 39.2 Å². The maximum absolute atomic E-state index is 13.6. The van der Waals surface area contributed by atoms with Crippen LogP contribution in [0.25, 0.3) is 11.3 Å². The van der Waals surface area contributed by atoms with Gasteiger partial charge < -0.3 is 0 Å². The maximum atomic E-state index is 13.6. The Balaban J connectivity index is 2.69. The summed E-state index contributed by atoms with van der Waals surface area (Å²) in [5.41, 5.74) is 1.65. The molecule has 0 saturated heterocycles. The van der Waals surface area contributed by atoms with Crippen LogP contribution in [0.15, 0.2) is 22.7 Å². The van der Waals surface area contributed by atoms with Crippen LogP contribution >= 0.6 is 27.5 Å². The van der Waals surface area contributed by atoms with Crippen LogP contribution in [0.4, 0.5) is 4.39 Å². The molecule has 1 aromatic carbocycles. The van der Waals surface area contributed by atoms with E-state index in [0.717, 1.165) is 10.2 Å². The molecule has 0 spiro atoms. The number of hydrogen-bond acceptors (Lipinski definition) is 1. The van der Waals surface area contributed by atoms with Gasteiger partial charge in [0.2, 0.25) is 0 Å². The SMILES string of the molecule is Cc1[nH]nc(-c2c(F)cccc2Cl)c1Br. The first-order valence-electron chi connectivity index (χ1n) is 4.26. The van der Waals surface area contributed by atoms with E-state index >= 15 is 0 Å². The average molecular weight is 290 g/mol. The summed E-state index contributed by atoms with van der Waals surface area (Å²) in [6, 6.07) is 4.56. The van der Waals surface area contributed by atoms with E-state index in [4.69, 9.17) is 11.6 Å². The summed E-state index contributed by atoms with van der Waals surface area (Å²) in [7, 11) is 0. The molecule has 15 heavy (non-hydrogen) atoms. The van der Waals surface area contributed by atoms with E-state index in [1.165, 1.54) is 6.07 Å². The fourth-order valence-corrected chi connectivity index (χ4v) is 1.93. The van der Waals surface area contributed by atoms with Gasteiger partial charge in [-0.05, 0) is 35.0 Å². The minimum Gasteiger partial charge on any atom is -0.281 e. The lowest BCUT2D eigenvalue weighted by Gasteiger charge is -2.02. The van der Waals surface area contributed by atoms with Crippen molar-refractivity contribution in [2.24, 2.45) is 0 Å². The molecule has 0 aliphatic carbocycles. The normalized spacial score (nSPS) is 10.7. The van der Waals surface area contributed by atoms with Gasteiger partial charge in [0.15, 0.2) is 0 Å². The van der Waals surface area contributed by atoms with Gasteiger partial charge in [-0.25, -0.2) is 4.39 Å². The Morgan fingerprint density at radius 1 is 1.47 bits per heavy atom.